The molecule has 2 atom stereocenters. The topological polar surface area (TPSA) is 15.3 Å². The van der Waals surface area contributed by atoms with Crippen LogP contribution < -0.4 is 5.32 Å². The van der Waals surface area contributed by atoms with E-state index in [1.54, 1.807) is 0 Å². The van der Waals surface area contributed by atoms with Gasteiger partial charge in [-0.05, 0) is 50.2 Å². The summed E-state index contributed by atoms with van der Waals surface area (Å²) in [6.07, 6.45) is 4.26. The third kappa shape index (κ3) is 2.54. The standard InChI is InChI=1S/C13H26N2/c1-4-14-9-11-5-6-12(11)15-8-7-13(2,3)10-15/h11-12,14H,4-10H2,1-3H3. The lowest BCUT2D eigenvalue weighted by Crippen LogP contribution is -2.50. The summed E-state index contributed by atoms with van der Waals surface area (Å²) in [6, 6.07) is 0.894. The third-order valence-corrected chi connectivity index (χ3v) is 4.21. The van der Waals surface area contributed by atoms with Crippen molar-refractivity contribution in [3.8, 4) is 0 Å². The monoisotopic (exact) mass is 210 g/mol. The second-order valence-electron chi connectivity index (χ2n) is 6.10. The molecule has 0 amide bonds. The minimum atomic E-state index is 0.568. The average molecular weight is 210 g/mol. The molecular weight excluding hydrogens is 184 g/mol. The zero-order chi connectivity index (χ0) is 10.9. The molecule has 1 saturated heterocycles. The van der Waals surface area contributed by atoms with E-state index in [0.29, 0.717) is 5.41 Å². The molecule has 2 heteroatoms. The van der Waals surface area contributed by atoms with Gasteiger partial charge in [0.25, 0.3) is 0 Å². The van der Waals surface area contributed by atoms with Crippen molar-refractivity contribution in [3.05, 3.63) is 0 Å². The molecule has 2 aliphatic rings. The van der Waals surface area contributed by atoms with Crippen LogP contribution in [-0.4, -0.2) is 37.1 Å². The maximum absolute atomic E-state index is 3.50. The van der Waals surface area contributed by atoms with E-state index >= 15 is 0 Å². The summed E-state index contributed by atoms with van der Waals surface area (Å²) in [5.41, 5.74) is 0.568. The predicted molar refractivity (Wildman–Crippen MR) is 65.0 cm³/mol. The van der Waals surface area contributed by atoms with E-state index in [4.69, 9.17) is 0 Å². The summed E-state index contributed by atoms with van der Waals surface area (Å²) >= 11 is 0. The first kappa shape index (κ1) is 11.4. The molecule has 1 saturated carbocycles. The number of hydrogen-bond donors (Lipinski definition) is 1. The maximum atomic E-state index is 3.50. The predicted octanol–water partition coefficient (Wildman–Crippen LogP) is 2.11. The summed E-state index contributed by atoms with van der Waals surface area (Å²) in [5.74, 6) is 0.929. The molecule has 0 bridgehead atoms. The second-order valence-corrected chi connectivity index (χ2v) is 6.10. The fraction of sp³-hybridized carbons (Fsp3) is 1.00. The third-order valence-electron chi connectivity index (χ3n) is 4.21. The van der Waals surface area contributed by atoms with Crippen LogP contribution in [0.15, 0.2) is 0 Å². The van der Waals surface area contributed by atoms with Crippen molar-refractivity contribution in [1.82, 2.24) is 10.2 Å². The Hall–Kier alpha value is -0.0800. The van der Waals surface area contributed by atoms with Crippen LogP contribution in [0.2, 0.25) is 0 Å². The molecule has 1 aliphatic carbocycles. The molecule has 2 unspecified atom stereocenters. The van der Waals surface area contributed by atoms with Crippen LogP contribution in [0.1, 0.15) is 40.0 Å². The van der Waals surface area contributed by atoms with Crippen molar-refractivity contribution in [2.24, 2.45) is 11.3 Å². The molecule has 2 fully saturated rings. The van der Waals surface area contributed by atoms with E-state index in [9.17, 15) is 0 Å². The molecule has 0 aromatic heterocycles. The normalized spacial score (nSPS) is 35.4. The lowest BCUT2D eigenvalue weighted by Gasteiger charge is -2.43. The van der Waals surface area contributed by atoms with Gasteiger partial charge in [0.1, 0.15) is 0 Å². The highest BCUT2D eigenvalue weighted by Crippen LogP contribution is 2.38. The quantitative estimate of drug-likeness (QED) is 0.764. The smallest absolute Gasteiger partial charge is 0.0136 e. The summed E-state index contributed by atoms with van der Waals surface area (Å²) in [7, 11) is 0. The van der Waals surface area contributed by atoms with Crippen LogP contribution in [0.3, 0.4) is 0 Å². The van der Waals surface area contributed by atoms with Crippen LogP contribution in [0, 0.1) is 11.3 Å². The minimum Gasteiger partial charge on any atom is -0.317 e. The highest BCUT2D eigenvalue weighted by Gasteiger charge is 2.40. The van der Waals surface area contributed by atoms with Gasteiger partial charge in [-0.3, -0.25) is 4.90 Å². The summed E-state index contributed by atoms with van der Waals surface area (Å²) in [5, 5.41) is 3.50. The summed E-state index contributed by atoms with van der Waals surface area (Å²) in [4.78, 5) is 2.74. The van der Waals surface area contributed by atoms with E-state index in [0.717, 1.165) is 18.5 Å². The van der Waals surface area contributed by atoms with Gasteiger partial charge in [0.2, 0.25) is 0 Å². The number of likely N-dealkylation sites (tertiary alicyclic amines) is 1. The molecule has 0 aromatic carbocycles. The van der Waals surface area contributed by atoms with Gasteiger partial charge in [0.05, 0.1) is 0 Å². The SMILES string of the molecule is CCNCC1CCC1N1CCC(C)(C)C1. The number of nitrogens with one attached hydrogen (secondary N) is 1. The first-order chi connectivity index (χ1) is 7.12. The van der Waals surface area contributed by atoms with Crippen molar-refractivity contribution >= 4 is 0 Å². The fourth-order valence-corrected chi connectivity index (χ4v) is 3.04. The summed E-state index contributed by atoms with van der Waals surface area (Å²) in [6.45, 7) is 12.0. The highest BCUT2D eigenvalue weighted by molar-refractivity contribution is 4.95. The molecule has 2 nitrogen and oxygen atoms in total. The van der Waals surface area contributed by atoms with Gasteiger partial charge in [-0.15, -0.1) is 0 Å². The Balaban J connectivity index is 1.80. The van der Waals surface area contributed by atoms with Crippen LogP contribution in [0.5, 0.6) is 0 Å². The second kappa shape index (κ2) is 4.42. The van der Waals surface area contributed by atoms with Crippen molar-refractivity contribution in [2.75, 3.05) is 26.2 Å². The molecule has 2 rings (SSSR count). The van der Waals surface area contributed by atoms with E-state index in [2.05, 4.69) is 31.0 Å². The van der Waals surface area contributed by atoms with Crippen LogP contribution in [0.25, 0.3) is 0 Å². The largest absolute Gasteiger partial charge is 0.317 e. The first-order valence-electron chi connectivity index (χ1n) is 6.57. The Morgan fingerprint density at radius 2 is 2.13 bits per heavy atom. The van der Waals surface area contributed by atoms with Crippen LogP contribution in [-0.2, 0) is 0 Å². The molecule has 0 radical (unpaired) electrons. The highest BCUT2D eigenvalue weighted by atomic mass is 15.2. The molecule has 1 N–H and O–H groups in total. The number of hydrogen-bond acceptors (Lipinski definition) is 2. The van der Waals surface area contributed by atoms with Gasteiger partial charge < -0.3 is 5.32 Å². The molecule has 0 spiro atoms. The molecule has 1 heterocycles. The Morgan fingerprint density at radius 1 is 1.33 bits per heavy atom. The Bertz CT molecular complexity index is 213. The molecule has 15 heavy (non-hydrogen) atoms. The number of nitrogens with zero attached hydrogens (tertiary/aromatic N) is 1. The maximum Gasteiger partial charge on any atom is 0.0136 e. The Kier molecular flexibility index (Phi) is 3.36. The molecule has 88 valence electrons. The van der Waals surface area contributed by atoms with Crippen molar-refractivity contribution < 1.29 is 0 Å². The van der Waals surface area contributed by atoms with E-state index in [-0.39, 0.29) is 0 Å². The van der Waals surface area contributed by atoms with E-state index < -0.39 is 0 Å². The minimum absolute atomic E-state index is 0.568. The summed E-state index contributed by atoms with van der Waals surface area (Å²) < 4.78 is 0. The van der Waals surface area contributed by atoms with Gasteiger partial charge in [-0.2, -0.15) is 0 Å². The first-order valence-corrected chi connectivity index (χ1v) is 6.57. The Morgan fingerprint density at radius 3 is 2.60 bits per heavy atom. The number of rotatable bonds is 4. The van der Waals surface area contributed by atoms with E-state index in [1.807, 2.05) is 0 Å². The lowest BCUT2D eigenvalue weighted by molar-refractivity contribution is 0.0745. The fourth-order valence-electron chi connectivity index (χ4n) is 3.04. The van der Waals surface area contributed by atoms with Gasteiger partial charge in [-0.1, -0.05) is 20.8 Å². The lowest BCUT2D eigenvalue weighted by atomic mass is 9.78. The van der Waals surface area contributed by atoms with Gasteiger partial charge in [-0.25, -0.2) is 0 Å². The zero-order valence-corrected chi connectivity index (χ0v) is 10.6. The average Bonchev–Trinajstić information content (AvgIpc) is 2.45. The van der Waals surface area contributed by atoms with E-state index in [1.165, 1.54) is 38.9 Å². The van der Waals surface area contributed by atoms with Crippen LogP contribution >= 0.6 is 0 Å². The molecule has 1 aliphatic heterocycles. The van der Waals surface area contributed by atoms with Gasteiger partial charge >= 0.3 is 0 Å². The van der Waals surface area contributed by atoms with Gasteiger partial charge in [0.15, 0.2) is 0 Å². The van der Waals surface area contributed by atoms with Crippen LogP contribution in [0.4, 0.5) is 0 Å². The van der Waals surface area contributed by atoms with Crippen molar-refractivity contribution in [2.45, 2.75) is 46.1 Å². The zero-order valence-electron chi connectivity index (χ0n) is 10.6. The van der Waals surface area contributed by atoms with Gasteiger partial charge in [0, 0.05) is 12.6 Å². The van der Waals surface area contributed by atoms with Crippen molar-refractivity contribution in [1.29, 1.82) is 0 Å². The Labute approximate surface area is 94.4 Å². The molecular formula is C13H26N2. The van der Waals surface area contributed by atoms with Crippen molar-refractivity contribution in [3.63, 3.8) is 0 Å². The molecule has 0 aromatic rings.